The quantitative estimate of drug-likeness (QED) is 0.159. The number of rotatable bonds is 6. The Morgan fingerprint density at radius 2 is 1.64 bits per heavy atom. The summed E-state index contributed by atoms with van der Waals surface area (Å²) in [6.07, 6.45) is -3.07. The van der Waals surface area contributed by atoms with E-state index in [0.717, 1.165) is 21.0 Å². The van der Waals surface area contributed by atoms with Crippen molar-refractivity contribution in [1.82, 2.24) is 9.99 Å². The number of hydrogen-bond acceptors (Lipinski definition) is 8. The lowest BCUT2D eigenvalue weighted by atomic mass is 9.49. The van der Waals surface area contributed by atoms with Crippen LogP contribution in [0.2, 0.25) is 10.0 Å². The number of phenols is 1. The van der Waals surface area contributed by atoms with E-state index in [-0.39, 0.29) is 45.6 Å². The van der Waals surface area contributed by atoms with Crippen molar-refractivity contribution in [3.8, 4) is 11.5 Å². The van der Waals surface area contributed by atoms with E-state index in [4.69, 9.17) is 27.9 Å². The molecule has 3 heterocycles. The van der Waals surface area contributed by atoms with Crippen molar-refractivity contribution < 1.29 is 42.2 Å². The number of pyridine rings is 1. The van der Waals surface area contributed by atoms with Crippen molar-refractivity contribution in [1.29, 1.82) is 0 Å². The molecule has 6 unspecified atom stereocenters. The number of hydrazine groups is 1. The smallest absolute Gasteiger partial charge is 0.433 e. The lowest BCUT2D eigenvalue weighted by Crippen LogP contribution is -2.53. The second-order valence-electron chi connectivity index (χ2n) is 14.0. The predicted molar refractivity (Wildman–Crippen MR) is 195 cm³/mol. The van der Waals surface area contributed by atoms with Gasteiger partial charge in [0.2, 0.25) is 11.8 Å². The number of ether oxygens (including phenoxy) is 1. The summed E-state index contributed by atoms with van der Waals surface area (Å²) in [6, 6.07) is 21.7. The number of methoxy groups -OCH3 is 1. The zero-order valence-electron chi connectivity index (χ0n) is 29.1. The highest BCUT2D eigenvalue weighted by molar-refractivity contribution is 6.33. The van der Waals surface area contributed by atoms with E-state index in [2.05, 4.69) is 4.98 Å². The molecule has 2 aliphatic carbocycles. The number of imide groups is 2. The first-order chi connectivity index (χ1) is 26.2. The number of para-hydroxylation sites is 1. The molecule has 1 aromatic heterocycles. The number of fused-ring (bicyclic) bond motifs is 4. The molecule has 55 heavy (non-hydrogen) atoms. The van der Waals surface area contributed by atoms with Gasteiger partial charge in [0.1, 0.15) is 5.69 Å². The Kier molecular flexibility index (Phi) is 8.73. The molecule has 4 aliphatic rings. The van der Waals surface area contributed by atoms with Gasteiger partial charge in [-0.1, -0.05) is 83.4 Å². The van der Waals surface area contributed by atoms with Crippen LogP contribution in [-0.2, 0) is 30.8 Å². The Balaban J connectivity index is 1.31. The third-order valence-corrected chi connectivity index (χ3v) is 12.0. The molecule has 15 heteroatoms. The minimum Gasteiger partial charge on any atom is -0.504 e. The lowest BCUT2D eigenvalue weighted by molar-refractivity contribution is -0.141. The van der Waals surface area contributed by atoms with Crippen LogP contribution >= 0.6 is 23.2 Å². The second-order valence-corrected chi connectivity index (χ2v) is 14.8. The summed E-state index contributed by atoms with van der Waals surface area (Å²) in [4.78, 5) is 63.8. The van der Waals surface area contributed by atoms with E-state index < -0.39 is 76.3 Å². The summed E-state index contributed by atoms with van der Waals surface area (Å²) >= 11 is 12.7. The number of benzene rings is 3. The van der Waals surface area contributed by atoms with Crippen LogP contribution in [0.3, 0.4) is 0 Å². The fraction of sp³-hybridized carbons (Fsp3) is 0.275. The minimum absolute atomic E-state index is 0.0199. The summed E-state index contributed by atoms with van der Waals surface area (Å²) in [7, 11) is 2.61. The monoisotopic (exact) mass is 790 g/mol. The lowest BCUT2D eigenvalue weighted by Gasteiger charge is -2.50. The van der Waals surface area contributed by atoms with Crippen molar-refractivity contribution in [3.05, 3.63) is 123 Å². The van der Waals surface area contributed by atoms with E-state index in [0.29, 0.717) is 17.2 Å². The van der Waals surface area contributed by atoms with Gasteiger partial charge in [-0.25, -0.2) is 9.88 Å². The molecule has 4 aromatic rings. The van der Waals surface area contributed by atoms with Crippen molar-refractivity contribution in [2.45, 2.75) is 30.4 Å². The molecular weight excluding hydrogens is 760 g/mol. The standard InChI is InChI=1S/C40H31Cl2F3N4O6/c1-47(34-28(42)16-17-30(46-34)40(43,44)45)49-35(51)24-15-14-23-26(31(24)37(49)53)19-27-36(52)48(22-11-6-10-21(41)18-22)38(54)39(27,20-8-4-3-5-9-20)32(23)25-12-7-13-29(55-2)33(25)50/h3-14,16-18,24,26-27,31-32,50H,15,19H2,1-2H3. The first-order valence-corrected chi connectivity index (χ1v) is 18.1. The number of amides is 4. The van der Waals surface area contributed by atoms with Gasteiger partial charge in [-0.05, 0) is 60.7 Å². The maximum atomic E-state index is 15.4. The largest absolute Gasteiger partial charge is 0.504 e. The summed E-state index contributed by atoms with van der Waals surface area (Å²) in [5, 5.41) is 13.5. The molecule has 3 fully saturated rings. The summed E-state index contributed by atoms with van der Waals surface area (Å²) in [6.45, 7) is 0. The van der Waals surface area contributed by atoms with Crippen LogP contribution in [0.4, 0.5) is 24.7 Å². The fourth-order valence-electron chi connectivity index (χ4n) is 9.22. The molecule has 0 radical (unpaired) electrons. The SMILES string of the molecule is COc1cccc(C2C3=CCC4C(=O)N(N(C)c5nc(C(F)(F)F)ccc5Cl)C(=O)C4C3CC3C(=O)N(c4cccc(Cl)c4)C(=O)C32c2ccccc2)c1O. The second kappa shape index (κ2) is 13.1. The maximum Gasteiger partial charge on any atom is 0.433 e. The Bertz CT molecular complexity index is 2320. The van der Waals surface area contributed by atoms with Crippen LogP contribution in [-0.4, -0.2) is 52.9 Å². The van der Waals surface area contributed by atoms with Gasteiger partial charge in [0.25, 0.3) is 11.8 Å². The Morgan fingerprint density at radius 1 is 0.909 bits per heavy atom. The third-order valence-electron chi connectivity index (χ3n) is 11.4. The van der Waals surface area contributed by atoms with Gasteiger partial charge in [-0.2, -0.15) is 18.2 Å². The van der Waals surface area contributed by atoms with Crippen LogP contribution in [0.1, 0.15) is 35.6 Å². The van der Waals surface area contributed by atoms with Gasteiger partial charge >= 0.3 is 6.18 Å². The third kappa shape index (κ3) is 5.34. The highest BCUT2D eigenvalue weighted by Gasteiger charge is 2.70. The summed E-state index contributed by atoms with van der Waals surface area (Å²) < 4.78 is 46.5. The van der Waals surface area contributed by atoms with E-state index >= 15 is 4.79 Å². The number of halogens is 5. The van der Waals surface area contributed by atoms with Gasteiger partial charge in [0.05, 0.1) is 41.0 Å². The van der Waals surface area contributed by atoms with Crippen molar-refractivity contribution in [3.63, 3.8) is 0 Å². The predicted octanol–water partition coefficient (Wildman–Crippen LogP) is 7.34. The van der Waals surface area contributed by atoms with Gasteiger partial charge < -0.3 is 9.84 Å². The van der Waals surface area contributed by atoms with Gasteiger partial charge in [-0.3, -0.25) is 24.2 Å². The number of carbonyl (C=O) groups excluding carboxylic acids is 4. The maximum absolute atomic E-state index is 15.4. The number of hydrogen-bond donors (Lipinski definition) is 1. The Hall–Kier alpha value is -5.40. The van der Waals surface area contributed by atoms with Crippen molar-refractivity contribution >= 4 is 58.3 Å². The highest BCUT2D eigenvalue weighted by atomic mass is 35.5. The molecule has 10 nitrogen and oxygen atoms in total. The summed E-state index contributed by atoms with van der Waals surface area (Å²) in [5.41, 5.74) is -1.37. The first-order valence-electron chi connectivity index (χ1n) is 17.3. The average Bonchev–Trinajstić information content (AvgIpc) is 3.55. The zero-order chi connectivity index (χ0) is 39.1. The molecule has 2 aliphatic heterocycles. The Morgan fingerprint density at radius 3 is 2.33 bits per heavy atom. The molecule has 8 rings (SSSR count). The molecule has 0 spiro atoms. The molecule has 1 N–H and O–H groups in total. The van der Waals surface area contributed by atoms with Crippen LogP contribution in [0, 0.1) is 23.7 Å². The number of carbonyl (C=O) groups is 4. The van der Waals surface area contributed by atoms with E-state index in [1.807, 2.05) is 0 Å². The van der Waals surface area contributed by atoms with E-state index in [9.17, 15) is 32.7 Å². The van der Waals surface area contributed by atoms with Crippen LogP contribution < -0.4 is 14.6 Å². The van der Waals surface area contributed by atoms with E-state index in [1.165, 1.54) is 20.2 Å². The molecule has 282 valence electrons. The minimum atomic E-state index is -4.83. The molecule has 1 saturated carbocycles. The zero-order valence-corrected chi connectivity index (χ0v) is 30.6. The molecule has 2 saturated heterocycles. The van der Waals surface area contributed by atoms with Crippen LogP contribution in [0.5, 0.6) is 11.5 Å². The van der Waals surface area contributed by atoms with Gasteiger partial charge in [-0.15, -0.1) is 0 Å². The van der Waals surface area contributed by atoms with Crippen LogP contribution in [0.25, 0.3) is 0 Å². The first kappa shape index (κ1) is 36.6. The fourth-order valence-corrected chi connectivity index (χ4v) is 9.63. The number of alkyl halides is 3. The molecule has 6 atom stereocenters. The van der Waals surface area contributed by atoms with Crippen LogP contribution in [0.15, 0.2) is 96.6 Å². The number of phenolic OH excluding ortho intramolecular Hbond substituents is 1. The van der Waals surface area contributed by atoms with E-state index in [1.54, 1.807) is 72.8 Å². The number of anilines is 2. The van der Waals surface area contributed by atoms with Gasteiger partial charge in [0.15, 0.2) is 17.3 Å². The topological polar surface area (TPSA) is 120 Å². The highest BCUT2D eigenvalue weighted by Crippen LogP contribution is 2.65. The van der Waals surface area contributed by atoms with Gasteiger partial charge in [0, 0.05) is 23.6 Å². The Labute approximate surface area is 322 Å². The summed E-state index contributed by atoms with van der Waals surface area (Å²) in [5.74, 6) is -8.20. The number of aromatic hydroxyl groups is 1. The molecule has 0 bridgehead atoms. The molecule has 3 aromatic carbocycles. The molecule has 4 amide bonds. The number of nitrogens with zero attached hydrogens (tertiary/aromatic N) is 4. The van der Waals surface area contributed by atoms with Crippen molar-refractivity contribution in [2.24, 2.45) is 23.7 Å². The number of aromatic nitrogens is 1. The number of allylic oxidation sites excluding steroid dienone is 2. The normalized spacial score (nSPS) is 26.1. The van der Waals surface area contributed by atoms with Crippen molar-refractivity contribution in [2.75, 3.05) is 24.1 Å². The molecular formula is C40H31Cl2F3N4O6. The average molecular weight is 792 g/mol.